The topological polar surface area (TPSA) is 0 Å². The molecule has 1 aliphatic rings. The van der Waals surface area contributed by atoms with E-state index in [4.69, 9.17) is 0 Å². The van der Waals surface area contributed by atoms with Crippen molar-refractivity contribution in [2.24, 2.45) is 0 Å². The molecule has 1 aromatic heterocycles. The third-order valence-corrected chi connectivity index (χ3v) is 6.55. The SMILES string of the molecule is CC(C)(C)c1ccc2cc(C3CCC3)[s+](C(F)(F)F)c2c1.F[B-](F)(F)F. The average molecular weight is 400 g/mol. The first-order chi connectivity index (χ1) is 11.7. The van der Waals surface area contributed by atoms with Gasteiger partial charge < -0.3 is 17.3 Å². The lowest BCUT2D eigenvalue weighted by molar-refractivity contribution is -0.0868. The molecule has 0 bridgehead atoms. The van der Waals surface area contributed by atoms with Crippen molar-refractivity contribution in [2.45, 2.75) is 56.9 Å². The predicted octanol–water partition coefficient (Wildman–Crippen LogP) is 7.93. The maximum atomic E-state index is 13.6. The number of hydrogen-bond donors (Lipinski definition) is 0. The van der Waals surface area contributed by atoms with Gasteiger partial charge in [0.25, 0.3) is 0 Å². The molecule has 0 N–H and O–H groups in total. The Balaban J connectivity index is 0.000000431. The molecule has 1 atom stereocenters. The van der Waals surface area contributed by atoms with Crippen LogP contribution in [0.15, 0.2) is 24.3 Å². The van der Waals surface area contributed by atoms with Crippen molar-refractivity contribution in [2.75, 3.05) is 0 Å². The number of rotatable bonds is 1. The summed E-state index contributed by atoms with van der Waals surface area (Å²) in [4.78, 5) is 0.620. The Morgan fingerprint density at radius 2 is 1.50 bits per heavy atom. The maximum absolute atomic E-state index is 13.6. The van der Waals surface area contributed by atoms with E-state index in [1.807, 2.05) is 39.0 Å². The summed E-state index contributed by atoms with van der Waals surface area (Å²) in [5.74, 6) is 0.139. The molecule has 1 fully saturated rings. The highest BCUT2D eigenvalue weighted by atomic mass is 32.2. The second kappa shape index (κ2) is 7.05. The first-order valence-electron chi connectivity index (χ1n) is 8.22. The largest absolute Gasteiger partial charge is 0.673 e. The fourth-order valence-electron chi connectivity index (χ4n) is 2.87. The van der Waals surface area contributed by atoms with Gasteiger partial charge >= 0.3 is 12.8 Å². The quantitative estimate of drug-likeness (QED) is 0.259. The fourth-order valence-corrected chi connectivity index (χ4v) is 5.06. The van der Waals surface area contributed by atoms with Crippen molar-refractivity contribution >= 4 is 27.8 Å². The molecule has 0 nitrogen and oxygen atoms in total. The molecule has 1 saturated carbocycles. The second-order valence-corrected chi connectivity index (χ2v) is 9.41. The number of fused-ring (bicyclic) bond motifs is 1. The van der Waals surface area contributed by atoms with Crippen LogP contribution in [0.1, 0.15) is 56.4 Å². The molecule has 1 aliphatic carbocycles. The van der Waals surface area contributed by atoms with E-state index in [2.05, 4.69) is 0 Å². The molecule has 9 heteroatoms. The first-order valence-corrected chi connectivity index (χ1v) is 9.45. The molecule has 1 aromatic carbocycles. The molecule has 0 radical (unpaired) electrons. The van der Waals surface area contributed by atoms with Gasteiger partial charge in [-0.15, -0.1) is 13.2 Å². The Hall–Kier alpha value is -1.25. The number of alkyl halides is 3. The van der Waals surface area contributed by atoms with E-state index in [1.54, 1.807) is 6.07 Å². The Kier molecular flexibility index (Phi) is 5.71. The Labute approximate surface area is 150 Å². The molecule has 2 aromatic rings. The molecule has 26 heavy (non-hydrogen) atoms. The smallest absolute Gasteiger partial charge is 0.418 e. The lowest BCUT2D eigenvalue weighted by Crippen LogP contribution is -2.11. The van der Waals surface area contributed by atoms with Crippen LogP contribution in [0, 0.1) is 0 Å². The maximum Gasteiger partial charge on any atom is 0.673 e. The standard InChI is InChI=1S/C17H20F3S.BF4/c1-16(2,3)13-8-7-12-9-14(11-5-4-6-11)21(15(12)10-13)17(18,19)20;2-1(3,4)5/h7-11H,4-6H2,1-3H3;/q+1;-1. The number of hydrogen-bond acceptors (Lipinski definition) is 0. The van der Waals surface area contributed by atoms with Gasteiger partial charge in [-0.25, -0.2) is 0 Å². The average Bonchev–Trinajstić information content (AvgIpc) is 2.70. The van der Waals surface area contributed by atoms with Crippen molar-refractivity contribution in [1.29, 1.82) is 0 Å². The van der Waals surface area contributed by atoms with Gasteiger partial charge in [0.1, 0.15) is 0 Å². The predicted molar refractivity (Wildman–Crippen MR) is 93.2 cm³/mol. The van der Waals surface area contributed by atoms with Crippen LogP contribution in [0.25, 0.3) is 10.1 Å². The van der Waals surface area contributed by atoms with Crippen molar-refractivity contribution in [3.63, 3.8) is 0 Å². The third-order valence-electron chi connectivity index (χ3n) is 4.37. The lowest BCUT2D eigenvalue weighted by Gasteiger charge is -2.22. The van der Waals surface area contributed by atoms with Gasteiger partial charge in [-0.05, 0) is 29.9 Å². The summed E-state index contributed by atoms with van der Waals surface area (Å²) < 4.78 is 80.3. The minimum atomic E-state index is -6.00. The Morgan fingerprint density at radius 1 is 0.962 bits per heavy atom. The van der Waals surface area contributed by atoms with E-state index in [-0.39, 0.29) is 11.3 Å². The van der Waals surface area contributed by atoms with Gasteiger partial charge in [-0.1, -0.05) is 33.3 Å². The number of thiophene rings is 1. The summed E-state index contributed by atoms with van der Waals surface area (Å²) in [6.07, 6.45) is 2.87. The van der Waals surface area contributed by atoms with Crippen molar-refractivity contribution in [1.82, 2.24) is 0 Å². The van der Waals surface area contributed by atoms with Gasteiger partial charge in [-0.2, -0.15) is 0 Å². The zero-order chi connectivity index (χ0) is 19.9. The van der Waals surface area contributed by atoms with E-state index in [9.17, 15) is 30.4 Å². The normalized spacial score (nSPS) is 16.9. The first kappa shape index (κ1) is 21.1. The van der Waals surface area contributed by atoms with E-state index < -0.39 is 23.2 Å². The fraction of sp³-hybridized carbons (Fsp3) is 0.529. The molecule has 0 saturated heterocycles. The monoisotopic (exact) mass is 400 g/mol. The summed E-state index contributed by atoms with van der Waals surface area (Å²) in [6, 6.07) is 7.43. The molecule has 0 aliphatic heterocycles. The van der Waals surface area contributed by atoms with Crippen LogP contribution in [0.4, 0.5) is 30.4 Å². The summed E-state index contributed by atoms with van der Waals surface area (Å²) in [5, 5.41) is 0.769. The van der Waals surface area contributed by atoms with E-state index in [0.717, 1.165) is 30.2 Å². The highest BCUT2D eigenvalue weighted by Crippen LogP contribution is 2.56. The van der Waals surface area contributed by atoms with Crippen LogP contribution in [-0.4, -0.2) is 7.25 Å². The molecule has 0 spiro atoms. The summed E-state index contributed by atoms with van der Waals surface area (Å²) >= 11 is 0. The molecule has 146 valence electrons. The summed E-state index contributed by atoms with van der Waals surface area (Å²) in [6.45, 7) is 6.11. The third kappa shape index (κ3) is 5.14. The van der Waals surface area contributed by atoms with Crippen molar-refractivity contribution < 1.29 is 30.4 Å². The zero-order valence-electron chi connectivity index (χ0n) is 14.6. The van der Waals surface area contributed by atoms with Crippen molar-refractivity contribution in [3.05, 3.63) is 34.7 Å². The summed E-state index contributed by atoms with van der Waals surface area (Å²) in [5.41, 5.74) is -3.32. The van der Waals surface area contributed by atoms with E-state index in [1.165, 1.54) is 0 Å². The van der Waals surface area contributed by atoms with Crippen LogP contribution < -0.4 is 0 Å². The lowest BCUT2D eigenvalue weighted by atomic mass is 9.84. The van der Waals surface area contributed by atoms with Gasteiger partial charge in [0, 0.05) is 23.4 Å². The van der Waals surface area contributed by atoms with Gasteiger partial charge in [0.2, 0.25) is 0 Å². The Morgan fingerprint density at radius 3 is 1.88 bits per heavy atom. The molecule has 3 rings (SSSR count). The highest BCUT2D eigenvalue weighted by molar-refractivity contribution is 7.38. The van der Waals surface area contributed by atoms with Gasteiger partial charge in [0.15, 0.2) is 9.58 Å². The van der Waals surface area contributed by atoms with E-state index in [0.29, 0.717) is 9.58 Å². The molecule has 1 unspecified atom stereocenters. The van der Waals surface area contributed by atoms with Crippen LogP contribution in [0.5, 0.6) is 0 Å². The number of benzene rings is 1. The van der Waals surface area contributed by atoms with Gasteiger partial charge in [0.05, 0.1) is 10.5 Å². The second-order valence-electron chi connectivity index (χ2n) is 7.42. The van der Waals surface area contributed by atoms with Crippen LogP contribution >= 0.6 is 10.5 Å². The zero-order valence-corrected chi connectivity index (χ0v) is 15.5. The number of halogens is 7. The van der Waals surface area contributed by atoms with Gasteiger partial charge in [-0.3, -0.25) is 0 Å². The van der Waals surface area contributed by atoms with Crippen LogP contribution in [0.2, 0.25) is 0 Å². The minimum absolute atomic E-state index is 0.130. The van der Waals surface area contributed by atoms with E-state index >= 15 is 0 Å². The molecular weight excluding hydrogens is 380 g/mol. The van der Waals surface area contributed by atoms with Crippen molar-refractivity contribution in [3.8, 4) is 0 Å². The summed E-state index contributed by atoms with van der Waals surface area (Å²) in [7, 11) is -7.72. The van der Waals surface area contributed by atoms with Crippen LogP contribution in [0.3, 0.4) is 0 Å². The Bertz CT molecular complexity index is 758. The molecular formula is C17H20BF7S. The molecule has 1 heterocycles. The molecule has 0 amide bonds. The minimum Gasteiger partial charge on any atom is -0.418 e. The van der Waals surface area contributed by atoms with Crippen LogP contribution in [-0.2, 0) is 10.9 Å². The highest BCUT2D eigenvalue weighted by Gasteiger charge is 2.50.